The lowest BCUT2D eigenvalue weighted by molar-refractivity contribution is -0.132. The number of nitrogens with zero attached hydrogens (tertiary/aromatic N) is 2. The standard InChI is InChI=1S/C33H32N2O5S/c1-6-39-23-12-13-24-26(17-23)41-32(34-24)35-28(19-7-10-22(11-8-19)33(3,4)5)27(30(37)31(35)38)29(36)20-9-14-25-21(16-20)15-18(2)40-25/h7-14,16-18,28,36H,6,15H2,1-5H3. The maximum absolute atomic E-state index is 13.7. The zero-order chi connectivity index (χ0) is 29.1. The third-order valence-corrected chi connectivity index (χ3v) is 8.59. The van der Waals surface area contributed by atoms with Gasteiger partial charge >= 0.3 is 5.91 Å². The first-order valence-electron chi connectivity index (χ1n) is 13.8. The number of ether oxygens (including phenoxy) is 2. The average Bonchev–Trinajstić information content (AvgIpc) is 3.60. The van der Waals surface area contributed by atoms with Crippen LogP contribution in [0.25, 0.3) is 16.0 Å². The SMILES string of the molecule is CCOc1ccc2nc(N3C(=O)C(=O)C(=C(O)c4ccc5c(c4)CC(C)O5)C3c3ccc(C(C)(C)C)cc3)sc2c1. The van der Waals surface area contributed by atoms with Crippen LogP contribution in [0, 0.1) is 0 Å². The fraction of sp³-hybridized carbons (Fsp3) is 0.303. The van der Waals surface area contributed by atoms with Crippen molar-refractivity contribution in [2.24, 2.45) is 0 Å². The van der Waals surface area contributed by atoms with Crippen molar-refractivity contribution in [1.29, 1.82) is 0 Å². The number of benzene rings is 3. The molecular weight excluding hydrogens is 536 g/mol. The summed E-state index contributed by atoms with van der Waals surface area (Å²) in [5.74, 6) is -0.200. The van der Waals surface area contributed by atoms with Crippen LogP contribution in [0.5, 0.6) is 11.5 Å². The third kappa shape index (κ3) is 4.76. The van der Waals surface area contributed by atoms with E-state index in [4.69, 9.17) is 14.5 Å². The second-order valence-electron chi connectivity index (χ2n) is 11.6. The van der Waals surface area contributed by atoms with Gasteiger partial charge in [-0.3, -0.25) is 14.5 Å². The van der Waals surface area contributed by atoms with E-state index in [1.54, 1.807) is 12.1 Å². The Bertz CT molecular complexity index is 1710. The Balaban J connectivity index is 1.51. The molecule has 0 spiro atoms. The van der Waals surface area contributed by atoms with Gasteiger partial charge in [0.25, 0.3) is 5.78 Å². The fourth-order valence-electron chi connectivity index (χ4n) is 5.49. The number of carbonyl (C=O) groups is 2. The summed E-state index contributed by atoms with van der Waals surface area (Å²) in [6, 6.07) is 18.0. The van der Waals surface area contributed by atoms with E-state index in [9.17, 15) is 14.7 Å². The predicted molar refractivity (Wildman–Crippen MR) is 161 cm³/mol. The van der Waals surface area contributed by atoms with Gasteiger partial charge in [-0.2, -0.15) is 0 Å². The topological polar surface area (TPSA) is 89.0 Å². The van der Waals surface area contributed by atoms with Crippen LogP contribution in [0.15, 0.2) is 66.2 Å². The molecule has 1 N–H and O–H groups in total. The molecule has 8 heteroatoms. The van der Waals surface area contributed by atoms with Crippen molar-refractivity contribution in [2.45, 2.75) is 58.6 Å². The molecule has 4 aromatic rings. The van der Waals surface area contributed by atoms with E-state index in [0.29, 0.717) is 40.6 Å². The molecule has 1 saturated heterocycles. The Hall–Kier alpha value is -4.17. The number of aromatic nitrogens is 1. The number of aliphatic hydroxyl groups is 1. The number of carbonyl (C=O) groups excluding carboxylic acids is 2. The molecular formula is C33H32N2O5S. The van der Waals surface area contributed by atoms with Gasteiger partial charge in [0.1, 0.15) is 23.4 Å². The van der Waals surface area contributed by atoms with Crippen molar-refractivity contribution >= 4 is 44.1 Å². The van der Waals surface area contributed by atoms with E-state index in [1.807, 2.05) is 62.4 Å². The zero-order valence-corrected chi connectivity index (χ0v) is 24.5. The first kappa shape index (κ1) is 27.0. The predicted octanol–water partition coefficient (Wildman–Crippen LogP) is 6.94. The van der Waals surface area contributed by atoms with Crippen LogP contribution in [0.1, 0.15) is 62.9 Å². The molecule has 1 fully saturated rings. The summed E-state index contributed by atoms with van der Waals surface area (Å²) < 4.78 is 12.3. The number of hydrogen-bond donors (Lipinski definition) is 1. The molecule has 0 bridgehead atoms. The minimum absolute atomic E-state index is 0.0385. The van der Waals surface area contributed by atoms with Gasteiger partial charge in [0.05, 0.1) is 28.4 Å². The first-order chi connectivity index (χ1) is 19.5. The molecule has 0 radical (unpaired) electrons. The molecule has 6 rings (SSSR count). The monoisotopic (exact) mass is 568 g/mol. The lowest BCUT2D eigenvalue weighted by Gasteiger charge is -2.24. The minimum atomic E-state index is -0.848. The smallest absolute Gasteiger partial charge is 0.301 e. The first-order valence-corrected chi connectivity index (χ1v) is 14.6. The van der Waals surface area contributed by atoms with Crippen molar-refractivity contribution in [3.63, 3.8) is 0 Å². The highest BCUT2D eigenvalue weighted by atomic mass is 32.1. The number of anilines is 1. The van der Waals surface area contributed by atoms with E-state index in [0.717, 1.165) is 21.6 Å². The maximum Gasteiger partial charge on any atom is 0.301 e. The number of rotatable bonds is 5. The number of hydrogen-bond acceptors (Lipinski definition) is 7. The van der Waals surface area contributed by atoms with Gasteiger partial charge in [0.15, 0.2) is 5.13 Å². The Morgan fingerprint density at radius 1 is 1.10 bits per heavy atom. The van der Waals surface area contributed by atoms with Crippen LogP contribution in [-0.4, -0.2) is 34.5 Å². The normalized spacial score (nSPS) is 20.0. The zero-order valence-electron chi connectivity index (χ0n) is 23.7. The largest absolute Gasteiger partial charge is 0.507 e. The number of Topliss-reactive ketones (excluding diaryl/α,β-unsaturated/α-hetero) is 1. The Labute approximate surface area is 243 Å². The van der Waals surface area contributed by atoms with Crippen LogP contribution < -0.4 is 14.4 Å². The summed E-state index contributed by atoms with van der Waals surface area (Å²) >= 11 is 1.31. The van der Waals surface area contributed by atoms with Gasteiger partial charge in [0, 0.05) is 12.0 Å². The minimum Gasteiger partial charge on any atom is -0.507 e. The summed E-state index contributed by atoms with van der Waals surface area (Å²) in [5, 5.41) is 12.0. The highest BCUT2D eigenvalue weighted by molar-refractivity contribution is 7.22. The lowest BCUT2D eigenvalue weighted by atomic mass is 9.85. The van der Waals surface area contributed by atoms with E-state index >= 15 is 0 Å². The Kier molecular flexibility index (Phi) is 6.61. The van der Waals surface area contributed by atoms with Crippen LogP contribution in [0.2, 0.25) is 0 Å². The molecule has 1 aromatic heterocycles. The second kappa shape index (κ2) is 10.0. The van der Waals surface area contributed by atoms with E-state index < -0.39 is 17.7 Å². The van der Waals surface area contributed by atoms with Crippen LogP contribution in [0.4, 0.5) is 5.13 Å². The van der Waals surface area contributed by atoms with Gasteiger partial charge in [-0.05, 0) is 72.4 Å². The Morgan fingerprint density at radius 3 is 2.56 bits per heavy atom. The molecule has 2 unspecified atom stereocenters. The van der Waals surface area contributed by atoms with E-state index in [-0.39, 0.29) is 22.9 Å². The molecule has 0 saturated carbocycles. The number of thiazole rings is 1. The fourth-order valence-corrected chi connectivity index (χ4v) is 6.51. The van der Waals surface area contributed by atoms with Gasteiger partial charge in [-0.15, -0.1) is 0 Å². The summed E-state index contributed by atoms with van der Waals surface area (Å²) in [6.07, 6.45) is 0.745. The number of amides is 1. The van der Waals surface area contributed by atoms with Crippen molar-refractivity contribution in [1.82, 2.24) is 4.98 Å². The van der Waals surface area contributed by atoms with Gasteiger partial charge < -0.3 is 14.6 Å². The van der Waals surface area contributed by atoms with Crippen LogP contribution in [0.3, 0.4) is 0 Å². The molecule has 7 nitrogen and oxygen atoms in total. The maximum atomic E-state index is 13.7. The summed E-state index contributed by atoms with van der Waals surface area (Å²) in [5.41, 5.74) is 3.93. The highest BCUT2D eigenvalue weighted by Crippen LogP contribution is 2.45. The third-order valence-electron chi connectivity index (χ3n) is 7.57. The lowest BCUT2D eigenvalue weighted by Crippen LogP contribution is -2.29. The van der Waals surface area contributed by atoms with Crippen LogP contribution >= 0.6 is 11.3 Å². The van der Waals surface area contributed by atoms with Crippen molar-refractivity contribution in [3.05, 3.63) is 88.5 Å². The summed E-state index contributed by atoms with van der Waals surface area (Å²) in [4.78, 5) is 33.5. The molecule has 210 valence electrons. The number of fused-ring (bicyclic) bond motifs is 2. The molecule has 0 aliphatic carbocycles. The summed E-state index contributed by atoms with van der Waals surface area (Å²) in [6.45, 7) is 10.8. The van der Waals surface area contributed by atoms with Crippen molar-refractivity contribution in [3.8, 4) is 11.5 Å². The van der Waals surface area contributed by atoms with Crippen LogP contribution in [-0.2, 0) is 21.4 Å². The van der Waals surface area contributed by atoms with Crippen molar-refractivity contribution < 1.29 is 24.2 Å². The molecule has 3 aromatic carbocycles. The molecule has 41 heavy (non-hydrogen) atoms. The van der Waals surface area contributed by atoms with Gasteiger partial charge in [0.2, 0.25) is 0 Å². The average molecular weight is 569 g/mol. The molecule has 3 heterocycles. The number of aliphatic hydroxyl groups excluding tert-OH is 1. The molecule has 2 aliphatic heterocycles. The van der Waals surface area contributed by atoms with E-state index in [2.05, 4.69) is 20.8 Å². The summed E-state index contributed by atoms with van der Waals surface area (Å²) in [7, 11) is 0. The second-order valence-corrected chi connectivity index (χ2v) is 12.6. The van der Waals surface area contributed by atoms with Crippen molar-refractivity contribution in [2.75, 3.05) is 11.5 Å². The molecule has 2 aliphatic rings. The van der Waals surface area contributed by atoms with Gasteiger partial charge in [-0.1, -0.05) is 56.4 Å². The molecule has 2 atom stereocenters. The number of ketones is 1. The highest BCUT2D eigenvalue weighted by Gasteiger charge is 2.48. The quantitative estimate of drug-likeness (QED) is 0.159. The molecule has 1 amide bonds. The van der Waals surface area contributed by atoms with E-state index in [1.165, 1.54) is 16.2 Å². The Morgan fingerprint density at radius 2 is 1.85 bits per heavy atom. The van der Waals surface area contributed by atoms with Gasteiger partial charge in [-0.25, -0.2) is 4.98 Å².